The van der Waals surface area contributed by atoms with Crippen molar-refractivity contribution >= 4 is 5.91 Å². The van der Waals surface area contributed by atoms with Crippen molar-refractivity contribution in [2.45, 2.75) is 25.9 Å². The molecule has 2 rings (SSSR count). The minimum Gasteiger partial charge on any atom is -0.346 e. The van der Waals surface area contributed by atoms with Gasteiger partial charge in [0.25, 0.3) is 5.91 Å². The minimum absolute atomic E-state index is 0.0635. The Hall–Kier alpha value is -1.32. The molecule has 0 radical (unpaired) electrons. The molecule has 1 amide bonds. The second kappa shape index (κ2) is 3.61. The summed E-state index contributed by atoms with van der Waals surface area (Å²) in [5, 5.41) is 0. The summed E-state index contributed by atoms with van der Waals surface area (Å²) < 4.78 is 15.5. The largest absolute Gasteiger partial charge is 0.346 e. The van der Waals surface area contributed by atoms with Crippen molar-refractivity contribution in [3.8, 4) is 0 Å². The van der Waals surface area contributed by atoms with Gasteiger partial charge in [0.2, 0.25) is 0 Å². The standard InChI is InChI=1S/C12H17FN2O/c1-9-4-6-14(3)10(9)11(16)15-7-5-12(2,13)8-15/h4,6H,5,7-8H2,1-3H3/t12-/m1/s1. The number of aromatic nitrogens is 1. The van der Waals surface area contributed by atoms with Gasteiger partial charge >= 0.3 is 0 Å². The number of hydrogen-bond acceptors (Lipinski definition) is 1. The van der Waals surface area contributed by atoms with Gasteiger partial charge in [-0.2, -0.15) is 0 Å². The summed E-state index contributed by atoms with van der Waals surface area (Å²) in [6.45, 7) is 4.17. The Morgan fingerprint density at radius 2 is 2.25 bits per heavy atom. The summed E-state index contributed by atoms with van der Waals surface area (Å²) in [6.07, 6.45) is 2.29. The van der Waals surface area contributed by atoms with Crippen molar-refractivity contribution in [1.82, 2.24) is 9.47 Å². The van der Waals surface area contributed by atoms with Crippen LogP contribution in [0.5, 0.6) is 0 Å². The quantitative estimate of drug-likeness (QED) is 0.715. The Balaban J connectivity index is 2.21. The van der Waals surface area contributed by atoms with E-state index in [1.54, 1.807) is 16.4 Å². The molecule has 1 aromatic rings. The number of hydrogen-bond donors (Lipinski definition) is 0. The van der Waals surface area contributed by atoms with Crippen LogP contribution < -0.4 is 0 Å². The van der Waals surface area contributed by atoms with Crippen LogP contribution in [-0.2, 0) is 7.05 Å². The van der Waals surface area contributed by atoms with E-state index in [2.05, 4.69) is 0 Å². The molecule has 1 saturated heterocycles. The highest BCUT2D eigenvalue weighted by atomic mass is 19.1. The zero-order valence-corrected chi connectivity index (χ0v) is 9.96. The number of amides is 1. The summed E-state index contributed by atoms with van der Waals surface area (Å²) in [5.41, 5.74) is 0.381. The summed E-state index contributed by atoms with van der Waals surface area (Å²) >= 11 is 0. The lowest BCUT2D eigenvalue weighted by Gasteiger charge is -2.18. The summed E-state index contributed by atoms with van der Waals surface area (Å²) in [4.78, 5) is 13.8. The third kappa shape index (κ3) is 1.84. The molecule has 0 bridgehead atoms. The number of halogens is 1. The maximum absolute atomic E-state index is 13.7. The predicted octanol–water partition coefficient (Wildman–Crippen LogP) is 1.91. The SMILES string of the molecule is Cc1ccn(C)c1C(=O)N1CC[C@@](C)(F)C1. The molecule has 3 nitrogen and oxygen atoms in total. The molecule has 1 aromatic heterocycles. The van der Waals surface area contributed by atoms with E-state index in [1.807, 2.05) is 26.2 Å². The van der Waals surface area contributed by atoms with Crippen molar-refractivity contribution in [2.24, 2.45) is 7.05 Å². The number of alkyl halides is 1. The summed E-state index contributed by atoms with van der Waals surface area (Å²) in [6, 6.07) is 1.90. The third-order valence-corrected chi connectivity index (χ3v) is 3.19. The van der Waals surface area contributed by atoms with Crippen LogP contribution in [0.3, 0.4) is 0 Å². The van der Waals surface area contributed by atoms with Crippen LogP contribution in [-0.4, -0.2) is 34.1 Å². The summed E-state index contributed by atoms with van der Waals surface area (Å²) in [5.74, 6) is -0.0635. The Kier molecular flexibility index (Phi) is 2.52. The topological polar surface area (TPSA) is 25.2 Å². The maximum Gasteiger partial charge on any atom is 0.270 e. The Morgan fingerprint density at radius 1 is 1.56 bits per heavy atom. The third-order valence-electron chi connectivity index (χ3n) is 3.19. The van der Waals surface area contributed by atoms with Crippen molar-refractivity contribution in [3.05, 3.63) is 23.5 Å². The maximum atomic E-state index is 13.7. The number of carbonyl (C=O) groups is 1. The zero-order chi connectivity index (χ0) is 11.9. The average molecular weight is 224 g/mol. The van der Waals surface area contributed by atoms with Crippen LogP contribution in [0.4, 0.5) is 4.39 Å². The van der Waals surface area contributed by atoms with E-state index in [1.165, 1.54) is 0 Å². The lowest BCUT2D eigenvalue weighted by Crippen LogP contribution is -2.33. The number of nitrogens with zero attached hydrogens (tertiary/aromatic N) is 2. The molecule has 0 N–H and O–H groups in total. The number of aryl methyl sites for hydroxylation is 2. The monoisotopic (exact) mass is 224 g/mol. The van der Waals surface area contributed by atoms with Crippen LogP contribution in [0.1, 0.15) is 29.4 Å². The van der Waals surface area contributed by atoms with Crippen LogP contribution in [0, 0.1) is 6.92 Å². The van der Waals surface area contributed by atoms with Crippen LogP contribution in [0.25, 0.3) is 0 Å². The second-order valence-electron chi connectivity index (χ2n) is 4.85. The Labute approximate surface area is 94.9 Å². The van der Waals surface area contributed by atoms with Crippen molar-refractivity contribution < 1.29 is 9.18 Å². The number of carbonyl (C=O) groups excluding carboxylic acids is 1. The molecule has 0 aromatic carbocycles. The zero-order valence-electron chi connectivity index (χ0n) is 9.96. The molecule has 0 unspecified atom stereocenters. The first-order valence-electron chi connectivity index (χ1n) is 5.51. The van der Waals surface area contributed by atoms with E-state index in [0.717, 1.165) is 5.56 Å². The van der Waals surface area contributed by atoms with Gasteiger partial charge in [-0.25, -0.2) is 4.39 Å². The highest BCUT2D eigenvalue weighted by Gasteiger charge is 2.37. The minimum atomic E-state index is -1.23. The fourth-order valence-corrected chi connectivity index (χ4v) is 2.22. The predicted molar refractivity (Wildman–Crippen MR) is 60.2 cm³/mol. The van der Waals surface area contributed by atoms with E-state index in [-0.39, 0.29) is 12.5 Å². The van der Waals surface area contributed by atoms with Crippen LogP contribution >= 0.6 is 0 Å². The number of rotatable bonds is 1. The molecule has 1 atom stereocenters. The van der Waals surface area contributed by atoms with E-state index in [0.29, 0.717) is 18.7 Å². The van der Waals surface area contributed by atoms with Gasteiger partial charge in [0.05, 0.1) is 6.54 Å². The van der Waals surface area contributed by atoms with E-state index >= 15 is 0 Å². The van der Waals surface area contributed by atoms with Crippen molar-refractivity contribution in [3.63, 3.8) is 0 Å². The first-order valence-corrected chi connectivity index (χ1v) is 5.51. The molecular weight excluding hydrogens is 207 g/mol. The molecule has 0 spiro atoms. The second-order valence-corrected chi connectivity index (χ2v) is 4.85. The van der Waals surface area contributed by atoms with Crippen LogP contribution in [0.2, 0.25) is 0 Å². The molecule has 1 aliphatic rings. The highest BCUT2D eigenvalue weighted by molar-refractivity contribution is 5.94. The van der Waals surface area contributed by atoms with Gasteiger partial charge in [0.15, 0.2) is 0 Å². The molecule has 88 valence electrons. The fourth-order valence-electron chi connectivity index (χ4n) is 2.22. The molecule has 0 saturated carbocycles. The molecule has 1 aliphatic heterocycles. The molecule has 16 heavy (non-hydrogen) atoms. The van der Waals surface area contributed by atoms with E-state index < -0.39 is 5.67 Å². The van der Waals surface area contributed by atoms with Gasteiger partial charge < -0.3 is 9.47 Å². The first kappa shape index (κ1) is 11.2. The van der Waals surface area contributed by atoms with Gasteiger partial charge in [-0.15, -0.1) is 0 Å². The average Bonchev–Trinajstić information content (AvgIpc) is 2.70. The van der Waals surface area contributed by atoms with Gasteiger partial charge in [0, 0.05) is 26.2 Å². The normalized spacial score (nSPS) is 25.1. The Morgan fingerprint density at radius 3 is 2.69 bits per heavy atom. The molecule has 1 fully saturated rings. The van der Waals surface area contributed by atoms with Crippen molar-refractivity contribution in [1.29, 1.82) is 0 Å². The van der Waals surface area contributed by atoms with Gasteiger partial charge in [-0.3, -0.25) is 4.79 Å². The highest BCUT2D eigenvalue weighted by Crippen LogP contribution is 2.26. The smallest absolute Gasteiger partial charge is 0.270 e. The fraction of sp³-hybridized carbons (Fsp3) is 0.583. The molecule has 2 heterocycles. The Bertz CT molecular complexity index is 403. The lowest BCUT2D eigenvalue weighted by molar-refractivity contribution is 0.0750. The van der Waals surface area contributed by atoms with Gasteiger partial charge in [-0.05, 0) is 25.5 Å². The van der Waals surface area contributed by atoms with E-state index in [9.17, 15) is 9.18 Å². The molecule has 4 heteroatoms. The van der Waals surface area contributed by atoms with E-state index in [4.69, 9.17) is 0 Å². The van der Waals surface area contributed by atoms with Gasteiger partial charge in [-0.1, -0.05) is 0 Å². The summed E-state index contributed by atoms with van der Waals surface area (Å²) in [7, 11) is 1.84. The molecular formula is C12H17FN2O. The van der Waals surface area contributed by atoms with Crippen LogP contribution in [0.15, 0.2) is 12.3 Å². The van der Waals surface area contributed by atoms with Crippen molar-refractivity contribution in [2.75, 3.05) is 13.1 Å². The van der Waals surface area contributed by atoms with Gasteiger partial charge in [0.1, 0.15) is 11.4 Å². The molecule has 0 aliphatic carbocycles. The lowest BCUT2D eigenvalue weighted by atomic mass is 10.1. The number of likely N-dealkylation sites (tertiary alicyclic amines) is 1. The first-order chi connectivity index (χ1) is 7.41.